The molecule has 0 radical (unpaired) electrons. The summed E-state index contributed by atoms with van der Waals surface area (Å²) in [5.74, 6) is 0. The Hall–Kier alpha value is -1.50. The highest BCUT2D eigenvalue weighted by Gasteiger charge is 2.11. The maximum absolute atomic E-state index is 3.36. The molecule has 1 N–H and O–H groups in total. The fraction of sp³-hybridized carbons (Fsp3) is 0.167. The van der Waals surface area contributed by atoms with Crippen LogP contribution in [0.2, 0.25) is 0 Å². The van der Waals surface area contributed by atoms with Gasteiger partial charge in [0, 0.05) is 6.04 Å². The summed E-state index contributed by atoms with van der Waals surface area (Å²) in [5.41, 5.74) is 1.46. The van der Waals surface area contributed by atoms with Gasteiger partial charge in [0.2, 0.25) is 0 Å². The van der Waals surface area contributed by atoms with Gasteiger partial charge < -0.3 is 5.32 Å². The number of hydrogen-bond donors (Lipinski definition) is 1. The predicted octanol–water partition coefficient (Wildman–Crippen LogP) is 0.289. The molecule has 1 atom stereocenters. The van der Waals surface area contributed by atoms with Crippen molar-refractivity contribution < 1.29 is 0 Å². The lowest BCUT2D eigenvalue weighted by Crippen LogP contribution is -2.41. The molecule has 1 aromatic rings. The lowest BCUT2D eigenvalue weighted by molar-refractivity contribution is 0.710. The largest absolute Gasteiger partial charge is 0.384 e. The Morgan fingerprint density at radius 1 is 1.31 bits per heavy atom. The Kier molecular flexibility index (Phi) is 1.33. The summed E-state index contributed by atoms with van der Waals surface area (Å²) >= 11 is 0. The van der Waals surface area contributed by atoms with Crippen molar-refractivity contribution in [3.63, 3.8) is 0 Å². The molecule has 1 aliphatic carbocycles. The van der Waals surface area contributed by atoms with Gasteiger partial charge in [-0.2, -0.15) is 0 Å². The van der Waals surface area contributed by atoms with Gasteiger partial charge in [0.25, 0.3) is 0 Å². The normalized spacial score (nSPS) is 22.3. The molecule has 2 aliphatic heterocycles. The van der Waals surface area contributed by atoms with Crippen LogP contribution in [0.1, 0.15) is 5.56 Å². The van der Waals surface area contributed by atoms with Crippen LogP contribution in [0.3, 0.4) is 0 Å². The second-order valence-corrected chi connectivity index (χ2v) is 3.59. The molecule has 1 heteroatoms. The maximum atomic E-state index is 3.36. The zero-order valence-corrected chi connectivity index (χ0v) is 7.33. The second-order valence-electron chi connectivity index (χ2n) is 3.59. The Bertz CT molecular complexity index is 482. The van der Waals surface area contributed by atoms with Crippen molar-refractivity contribution in [3.05, 3.63) is 46.5 Å². The number of nitrogens with one attached hydrogen (secondary N) is 1. The van der Waals surface area contributed by atoms with Crippen LogP contribution in [0.5, 0.6) is 0 Å². The summed E-state index contributed by atoms with van der Waals surface area (Å²) in [6, 6.07) is 7.03. The number of benzene rings is 1. The monoisotopic (exact) mass is 169 g/mol. The molecular formula is C12H11N. The Morgan fingerprint density at radius 3 is 3.23 bits per heavy atom. The van der Waals surface area contributed by atoms with Crippen molar-refractivity contribution in [1.29, 1.82) is 0 Å². The smallest absolute Gasteiger partial charge is 0.0488 e. The van der Waals surface area contributed by atoms with Gasteiger partial charge in [-0.3, -0.25) is 0 Å². The van der Waals surface area contributed by atoms with E-state index in [2.05, 4.69) is 41.7 Å². The highest BCUT2D eigenvalue weighted by Crippen LogP contribution is 2.04. The van der Waals surface area contributed by atoms with Gasteiger partial charge in [-0.05, 0) is 34.7 Å². The molecule has 0 saturated heterocycles. The molecule has 13 heavy (non-hydrogen) atoms. The van der Waals surface area contributed by atoms with E-state index >= 15 is 0 Å². The summed E-state index contributed by atoms with van der Waals surface area (Å²) in [7, 11) is 0. The number of fused-ring (bicyclic) bond motifs is 2. The van der Waals surface area contributed by atoms with Crippen molar-refractivity contribution in [3.8, 4) is 0 Å². The first-order valence-electron chi connectivity index (χ1n) is 4.66. The number of hydrogen-bond acceptors (Lipinski definition) is 1. The van der Waals surface area contributed by atoms with Crippen molar-refractivity contribution >= 4 is 12.2 Å². The molecular weight excluding hydrogens is 158 g/mol. The minimum Gasteiger partial charge on any atom is -0.384 e. The third-order valence-electron chi connectivity index (χ3n) is 2.72. The molecule has 0 aromatic heterocycles. The van der Waals surface area contributed by atoms with E-state index in [1.165, 1.54) is 16.0 Å². The van der Waals surface area contributed by atoms with Crippen molar-refractivity contribution in [2.24, 2.45) is 0 Å². The highest BCUT2D eigenvalue weighted by molar-refractivity contribution is 5.49. The fourth-order valence-corrected chi connectivity index (χ4v) is 2.10. The van der Waals surface area contributed by atoms with Gasteiger partial charge in [0.15, 0.2) is 0 Å². The molecule has 2 heterocycles. The lowest BCUT2D eigenvalue weighted by atomic mass is 9.94. The molecule has 4 rings (SSSR count). The first-order valence-corrected chi connectivity index (χ1v) is 4.66. The van der Waals surface area contributed by atoms with Crippen LogP contribution in [0.4, 0.5) is 0 Å². The SMILES string of the molecule is C1=CNC2C=c3cccc(c3=C1)C2. The van der Waals surface area contributed by atoms with E-state index < -0.39 is 0 Å². The average molecular weight is 169 g/mol. The number of rotatable bonds is 0. The molecule has 3 aliphatic rings. The Balaban J connectivity index is 2.49. The van der Waals surface area contributed by atoms with E-state index in [1.54, 1.807) is 0 Å². The van der Waals surface area contributed by atoms with E-state index in [-0.39, 0.29) is 0 Å². The maximum Gasteiger partial charge on any atom is 0.0488 e. The minimum absolute atomic E-state index is 0.486. The highest BCUT2D eigenvalue weighted by atomic mass is 14.9. The summed E-state index contributed by atoms with van der Waals surface area (Å²) in [6.45, 7) is 0. The van der Waals surface area contributed by atoms with Crippen LogP contribution in [0.15, 0.2) is 30.5 Å². The zero-order chi connectivity index (χ0) is 8.67. The molecule has 0 spiro atoms. The summed E-state index contributed by atoms with van der Waals surface area (Å²) in [5, 5.41) is 6.13. The van der Waals surface area contributed by atoms with E-state index in [9.17, 15) is 0 Å². The summed E-state index contributed by atoms with van der Waals surface area (Å²) in [4.78, 5) is 0. The molecule has 0 saturated carbocycles. The van der Waals surface area contributed by atoms with Gasteiger partial charge in [-0.1, -0.05) is 30.4 Å². The van der Waals surface area contributed by atoms with E-state index in [0.29, 0.717) is 6.04 Å². The van der Waals surface area contributed by atoms with Gasteiger partial charge in [0.05, 0.1) is 0 Å². The summed E-state index contributed by atoms with van der Waals surface area (Å²) in [6.07, 6.45) is 9.72. The zero-order valence-electron chi connectivity index (χ0n) is 7.33. The van der Waals surface area contributed by atoms with Crippen LogP contribution >= 0.6 is 0 Å². The van der Waals surface area contributed by atoms with Gasteiger partial charge in [0.1, 0.15) is 0 Å². The van der Waals surface area contributed by atoms with Gasteiger partial charge >= 0.3 is 0 Å². The van der Waals surface area contributed by atoms with Crippen LogP contribution < -0.4 is 15.8 Å². The molecule has 1 nitrogen and oxygen atoms in total. The molecule has 1 unspecified atom stereocenters. The standard InChI is InChI=1S/C12H11N/c1-3-9-7-11-8-10(4-1)12(9)5-2-6-13-11/h1-7,11,13H,8H2. The van der Waals surface area contributed by atoms with E-state index in [4.69, 9.17) is 0 Å². The van der Waals surface area contributed by atoms with E-state index in [1.807, 2.05) is 6.20 Å². The Labute approximate surface area is 77.1 Å². The molecule has 0 fully saturated rings. The van der Waals surface area contributed by atoms with Crippen LogP contribution in [-0.2, 0) is 6.42 Å². The third-order valence-corrected chi connectivity index (χ3v) is 2.72. The van der Waals surface area contributed by atoms with Crippen LogP contribution in [0.25, 0.3) is 12.2 Å². The average Bonchev–Trinajstić information content (AvgIpc) is 2.02. The van der Waals surface area contributed by atoms with Crippen molar-refractivity contribution in [2.75, 3.05) is 0 Å². The first kappa shape index (κ1) is 6.96. The van der Waals surface area contributed by atoms with E-state index in [0.717, 1.165) is 6.42 Å². The molecule has 64 valence electrons. The second kappa shape index (κ2) is 2.49. The quantitative estimate of drug-likeness (QED) is 0.588. The van der Waals surface area contributed by atoms with Gasteiger partial charge in [-0.25, -0.2) is 0 Å². The van der Waals surface area contributed by atoms with Crippen molar-refractivity contribution in [1.82, 2.24) is 5.32 Å². The lowest BCUT2D eigenvalue weighted by Gasteiger charge is -2.20. The van der Waals surface area contributed by atoms with Crippen LogP contribution in [0, 0.1) is 0 Å². The number of allylic oxidation sites excluding steroid dienone is 1. The minimum atomic E-state index is 0.486. The molecule has 4 bridgehead atoms. The Morgan fingerprint density at radius 2 is 2.31 bits per heavy atom. The topological polar surface area (TPSA) is 12.0 Å². The fourth-order valence-electron chi connectivity index (χ4n) is 2.10. The van der Waals surface area contributed by atoms with Crippen LogP contribution in [-0.4, -0.2) is 6.04 Å². The van der Waals surface area contributed by atoms with Gasteiger partial charge in [-0.15, -0.1) is 0 Å². The molecule has 1 aromatic carbocycles. The predicted molar refractivity (Wildman–Crippen MR) is 54.4 cm³/mol. The first-order chi connectivity index (χ1) is 6.43. The third kappa shape index (κ3) is 1.00. The van der Waals surface area contributed by atoms with Crippen molar-refractivity contribution in [2.45, 2.75) is 12.5 Å². The summed E-state index contributed by atoms with van der Waals surface area (Å²) < 4.78 is 0. The molecule has 0 amide bonds.